The summed E-state index contributed by atoms with van der Waals surface area (Å²) in [7, 11) is 1.59. The largest absolute Gasteiger partial charge is 0.493 e. The van der Waals surface area contributed by atoms with Crippen molar-refractivity contribution in [3.05, 3.63) is 85.3 Å². The molecule has 40 heavy (non-hydrogen) atoms. The highest BCUT2D eigenvalue weighted by Crippen LogP contribution is 2.48. The molecule has 0 amide bonds. The van der Waals surface area contributed by atoms with Crippen LogP contribution in [0.15, 0.2) is 54.7 Å². The van der Waals surface area contributed by atoms with Crippen LogP contribution >= 0.6 is 58.0 Å². The summed E-state index contributed by atoms with van der Waals surface area (Å²) >= 11 is 30.5. The number of halogens is 5. The number of methoxy groups -OCH3 is 1. The van der Waals surface area contributed by atoms with Crippen molar-refractivity contribution in [2.45, 2.75) is 51.4 Å². The normalized spacial score (nSPS) is 12.9. The first kappa shape index (κ1) is 32.7. The average molecular weight is 647 g/mol. The fraction of sp³-hybridized carbons (Fsp3) is 0.387. The molecule has 2 aromatic rings. The molecule has 0 fully saturated rings. The van der Waals surface area contributed by atoms with Gasteiger partial charge in [-0.2, -0.15) is 0 Å². The molecule has 1 aliphatic rings. The first-order valence-corrected chi connectivity index (χ1v) is 15.2. The summed E-state index contributed by atoms with van der Waals surface area (Å²) in [6.45, 7) is 1.07. The monoisotopic (exact) mass is 644 g/mol. The lowest BCUT2D eigenvalue weighted by atomic mass is 9.96. The highest BCUT2D eigenvalue weighted by molar-refractivity contribution is 6.55. The molecule has 0 spiro atoms. The molecule has 0 N–H and O–H groups in total. The number of carbonyl (C=O) groups excluding carboxylic acids is 1. The SMILES string of the molecule is COc1cc(C(=O)C2C=CC=CC=C2)ccc1OCCCCCCCCCCOc1c(Cl)c(Cl)c(Cl)c(Cl)c1Cl. The minimum Gasteiger partial charge on any atom is -0.493 e. The summed E-state index contributed by atoms with van der Waals surface area (Å²) in [6, 6.07) is 5.37. The van der Waals surface area contributed by atoms with E-state index < -0.39 is 0 Å². The standard InChI is InChI=1S/C31H33Cl5O4/c1-38-24-20-22(30(37)21-14-10-6-7-11-15-21)16-17-23(24)39-18-12-8-4-2-3-5-9-13-19-40-31-28(35)26(33)25(32)27(34)29(31)36/h6-7,10-11,14-17,20-21H,2-5,8-9,12-13,18-19H2,1H3. The van der Waals surface area contributed by atoms with Gasteiger partial charge in [-0.05, 0) is 31.0 Å². The molecule has 0 heterocycles. The van der Waals surface area contributed by atoms with E-state index in [0.29, 0.717) is 30.3 Å². The number of unbranched alkanes of at least 4 members (excludes halogenated alkanes) is 7. The van der Waals surface area contributed by atoms with Crippen LogP contribution in [0.4, 0.5) is 0 Å². The van der Waals surface area contributed by atoms with E-state index in [9.17, 15) is 4.79 Å². The number of benzene rings is 2. The molecule has 0 unspecified atom stereocenters. The van der Waals surface area contributed by atoms with Gasteiger partial charge in [0.2, 0.25) is 0 Å². The fourth-order valence-electron chi connectivity index (χ4n) is 4.20. The van der Waals surface area contributed by atoms with Gasteiger partial charge in [0.05, 0.1) is 41.3 Å². The number of hydrogen-bond acceptors (Lipinski definition) is 4. The second kappa shape index (κ2) is 17.2. The van der Waals surface area contributed by atoms with Gasteiger partial charge in [-0.1, -0.05) is 133 Å². The molecule has 3 rings (SSSR count). The quantitative estimate of drug-likeness (QED) is 0.0788. The Morgan fingerprint density at radius 3 is 1.70 bits per heavy atom. The molecular formula is C31H33Cl5O4. The molecule has 0 aromatic heterocycles. The van der Waals surface area contributed by atoms with Crippen molar-refractivity contribution >= 4 is 63.8 Å². The Morgan fingerprint density at radius 2 is 1.15 bits per heavy atom. The molecule has 0 saturated heterocycles. The zero-order chi connectivity index (χ0) is 28.9. The Balaban J connectivity index is 1.27. The average Bonchev–Trinajstić information content (AvgIpc) is 3.26. The van der Waals surface area contributed by atoms with Crippen LogP contribution in [0.2, 0.25) is 25.1 Å². The van der Waals surface area contributed by atoms with Gasteiger partial charge in [0.1, 0.15) is 10.0 Å². The number of hydrogen-bond donors (Lipinski definition) is 0. The van der Waals surface area contributed by atoms with Crippen LogP contribution in [0, 0.1) is 5.92 Å². The molecule has 0 atom stereocenters. The van der Waals surface area contributed by atoms with Gasteiger partial charge in [-0.25, -0.2) is 0 Å². The van der Waals surface area contributed by atoms with Gasteiger partial charge in [0.25, 0.3) is 0 Å². The number of allylic oxidation sites excluding steroid dienone is 6. The first-order chi connectivity index (χ1) is 19.3. The summed E-state index contributed by atoms with van der Waals surface area (Å²) in [6.07, 6.45) is 19.9. The third-order valence-electron chi connectivity index (χ3n) is 6.43. The van der Waals surface area contributed by atoms with Crippen molar-refractivity contribution < 1.29 is 19.0 Å². The highest BCUT2D eigenvalue weighted by atomic mass is 35.5. The molecule has 1 aliphatic carbocycles. The molecule has 9 heteroatoms. The fourth-order valence-corrected chi connectivity index (χ4v) is 5.43. The second-order valence-electron chi connectivity index (χ2n) is 9.33. The maximum Gasteiger partial charge on any atom is 0.173 e. The Labute approximate surface area is 261 Å². The van der Waals surface area contributed by atoms with E-state index in [2.05, 4.69) is 0 Å². The Morgan fingerprint density at radius 1 is 0.650 bits per heavy atom. The highest BCUT2D eigenvalue weighted by Gasteiger charge is 2.20. The summed E-state index contributed by atoms with van der Waals surface area (Å²) in [4.78, 5) is 12.9. The van der Waals surface area contributed by atoms with E-state index in [0.717, 1.165) is 44.9 Å². The van der Waals surface area contributed by atoms with Gasteiger partial charge >= 0.3 is 0 Å². The maximum absolute atomic E-state index is 12.9. The zero-order valence-corrected chi connectivity index (χ0v) is 26.1. The van der Waals surface area contributed by atoms with Crippen LogP contribution in [0.5, 0.6) is 17.2 Å². The minimum atomic E-state index is -0.286. The summed E-state index contributed by atoms with van der Waals surface area (Å²) in [5.41, 5.74) is 0.600. The molecule has 0 saturated carbocycles. The van der Waals surface area contributed by atoms with Crippen molar-refractivity contribution in [2.24, 2.45) is 5.92 Å². The first-order valence-electron chi connectivity index (χ1n) is 13.4. The van der Waals surface area contributed by atoms with Gasteiger partial charge < -0.3 is 14.2 Å². The van der Waals surface area contributed by atoms with Crippen molar-refractivity contribution in [1.82, 2.24) is 0 Å². The van der Waals surface area contributed by atoms with Crippen molar-refractivity contribution in [3.8, 4) is 17.2 Å². The number of ether oxygens (including phenoxy) is 3. The molecule has 2 aromatic carbocycles. The molecule has 0 bridgehead atoms. The molecule has 4 nitrogen and oxygen atoms in total. The topological polar surface area (TPSA) is 44.8 Å². The summed E-state index contributed by atoms with van der Waals surface area (Å²) in [5.74, 6) is 1.24. The number of Topliss-reactive ketones (excluding diaryl/α,β-unsaturated/α-hetero) is 1. The van der Waals surface area contributed by atoms with Crippen molar-refractivity contribution in [2.75, 3.05) is 20.3 Å². The van der Waals surface area contributed by atoms with Crippen LogP contribution in [-0.2, 0) is 0 Å². The molecular weight excluding hydrogens is 614 g/mol. The third-order valence-corrected chi connectivity index (χ3v) is 8.68. The van der Waals surface area contributed by atoms with Crippen LogP contribution in [-0.4, -0.2) is 26.1 Å². The van der Waals surface area contributed by atoms with Gasteiger partial charge in [0.15, 0.2) is 23.0 Å². The van der Waals surface area contributed by atoms with E-state index in [4.69, 9.17) is 72.2 Å². The number of carbonyl (C=O) groups is 1. The Bertz CT molecular complexity index is 1190. The lowest BCUT2D eigenvalue weighted by Crippen LogP contribution is -2.10. The van der Waals surface area contributed by atoms with E-state index in [-0.39, 0.29) is 42.6 Å². The van der Waals surface area contributed by atoms with Gasteiger partial charge in [-0.3, -0.25) is 4.79 Å². The van der Waals surface area contributed by atoms with Crippen LogP contribution in [0.3, 0.4) is 0 Å². The zero-order valence-electron chi connectivity index (χ0n) is 22.4. The van der Waals surface area contributed by atoms with Crippen LogP contribution in [0.1, 0.15) is 61.7 Å². The molecule has 0 aliphatic heterocycles. The van der Waals surface area contributed by atoms with E-state index in [1.54, 1.807) is 19.2 Å². The van der Waals surface area contributed by atoms with Crippen molar-refractivity contribution in [3.63, 3.8) is 0 Å². The van der Waals surface area contributed by atoms with E-state index >= 15 is 0 Å². The van der Waals surface area contributed by atoms with Crippen molar-refractivity contribution in [1.29, 1.82) is 0 Å². The predicted molar refractivity (Wildman–Crippen MR) is 168 cm³/mol. The number of rotatable bonds is 16. The summed E-state index contributed by atoms with van der Waals surface area (Å²) < 4.78 is 17.2. The van der Waals surface area contributed by atoms with E-state index in [1.807, 2.05) is 42.5 Å². The maximum atomic E-state index is 12.9. The predicted octanol–water partition coefficient (Wildman–Crippen LogP) is 11.0. The second-order valence-corrected chi connectivity index (χ2v) is 11.2. The number of ketones is 1. The van der Waals surface area contributed by atoms with Gasteiger partial charge in [-0.15, -0.1) is 0 Å². The molecule has 0 radical (unpaired) electrons. The van der Waals surface area contributed by atoms with E-state index in [1.165, 1.54) is 6.42 Å². The Kier molecular flexibility index (Phi) is 14.1. The van der Waals surface area contributed by atoms with Crippen LogP contribution in [0.25, 0.3) is 0 Å². The van der Waals surface area contributed by atoms with Gasteiger partial charge in [0, 0.05) is 5.56 Å². The lowest BCUT2D eigenvalue weighted by molar-refractivity contribution is 0.0964. The molecule has 216 valence electrons. The Hall–Kier alpha value is -1.82. The smallest absolute Gasteiger partial charge is 0.173 e. The minimum absolute atomic E-state index is 0.0266. The summed E-state index contributed by atoms with van der Waals surface area (Å²) in [5, 5.41) is 0.752. The third kappa shape index (κ3) is 9.36. The lowest BCUT2D eigenvalue weighted by Gasteiger charge is -2.13. The van der Waals surface area contributed by atoms with Crippen LogP contribution < -0.4 is 14.2 Å².